The highest BCUT2D eigenvalue weighted by atomic mass is 35.5. The normalized spacial score (nSPS) is 15.4. The largest absolute Gasteiger partial charge is 0.351 e. The number of thiophene rings is 1. The van der Waals surface area contributed by atoms with Crippen LogP contribution in [0.5, 0.6) is 0 Å². The predicted octanol–water partition coefficient (Wildman–Crippen LogP) is 4.67. The number of halogens is 1. The maximum absolute atomic E-state index is 12.3. The molecule has 0 bridgehead atoms. The van der Waals surface area contributed by atoms with Crippen LogP contribution < -0.4 is 5.32 Å². The molecule has 0 saturated carbocycles. The van der Waals surface area contributed by atoms with Gasteiger partial charge in [-0.2, -0.15) is 0 Å². The van der Waals surface area contributed by atoms with Gasteiger partial charge in [-0.25, -0.2) is 0 Å². The van der Waals surface area contributed by atoms with E-state index in [2.05, 4.69) is 10.2 Å². The fourth-order valence-corrected chi connectivity index (χ4v) is 4.06. The third-order valence-electron chi connectivity index (χ3n) is 4.34. The van der Waals surface area contributed by atoms with Crippen molar-refractivity contribution in [1.82, 2.24) is 10.2 Å². The first-order chi connectivity index (χ1) is 11.7. The van der Waals surface area contributed by atoms with Crippen molar-refractivity contribution in [2.24, 2.45) is 0 Å². The standard InChI is InChI=1S/C19H23ClN2OS/c20-16-7-5-15(6-8-16)17-9-10-18(24-17)19(23)21-11-4-14-22-12-2-1-3-13-22/h5-10H,1-4,11-14H2,(H,21,23). The molecule has 0 spiro atoms. The molecular formula is C19H23ClN2OS. The lowest BCUT2D eigenvalue weighted by molar-refractivity contribution is 0.0955. The van der Waals surface area contributed by atoms with E-state index < -0.39 is 0 Å². The average molecular weight is 363 g/mol. The van der Waals surface area contributed by atoms with Gasteiger partial charge in [0.25, 0.3) is 5.91 Å². The van der Waals surface area contributed by atoms with Gasteiger partial charge in [0.05, 0.1) is 4.88 Å². The fourth-order valence-electron chi connectivity index (χ4n) is 3.00. The lowest BCUT2D eigenvalue weighted by Gasteiger charge is -2.26. The highest BCUT2D eigenvalue weighted by Crippen LogP contribution is 2.28. The Bertz CT molecular complexity index is 662. The van der Waals surface area contributed by atoms with Crippen LogP contribution >= 0.6 is 22.9 Å². The summed E-state index contributed by atoms with van der Waals surface area (Å²) in [5.74, 6) is 0.0267. The summed E-state index contributed by atoms with van der Waals surface area (Å²) in [7, 11) is 0. The molecule has 1 aliphatic rings. The van der Waals surface area contributed by atoms with Crippen LogP contribution in [0.1, 0.15) is 35.4 Å². The summed E-state index contributed by atoms with van der Waals surface area (Å²) in [6.45, 7) is 4.25. The van der Waals surface area contributed by atoms with Crippen LogP contribution in [0.2, 0.25) is 5.02 Å². The van der Waals surface area contributed by atoms with Crippen molar-refractivity contribution in [2.45, 2.75) is 25.7 Å². The number of hydrogen-bond donors (Lipinski definition) is 1. The van der Waals surface area contributed by atoms with Gasteiger partial charge in [-0.05, 0) is 68.7 Å². The second-order valence-electron chi connectivity index (χ2n) is 6.18. The first kappa shape index (κ1) is 17.5. The molecule has 1 aliphatic heterocycles. The van der Waals surface area contributed by atoms with Crippen molar-refractivity contribution in [3.05, 3.63) is 46.3 Å². The number of nitrogens with one attached hydrogen (secondary N) is 1. The van der Waals surface area contributed by atoms with Crippen LogP contribution in [0, 0.1) is 0 Å². The highest BCUT2D eigenvalue weighted by Gasteiger charge is 2.11. The van der Waals surface area contributed by atoms with Gasteiger partial charge in [0.1, 0.15) is 0 Å². The molecular weight excluding hydrogens is 340 g/mol. The molecule has 5 heteroatoms. The number of rotatable bonds is 6. The van der Waals surface area contributed by atoms with Crippen LogP contribution in [0.15, 0.2) is 36.4 Å². The molecule has 3 rings (SSSR count). The molecule has 1 amide bonds. The fraction of sp³-hybridized carbons (Fsp3) is 0.421. The van der Waals surface area contributed by atoms with Crippen molar-refractivity contribution < 1.29 is 4.79 Å². The van der Waals surface area contributed by atoms with Crippen molar-refractivity contribution in [3.63, 3.8) is 0 Å². The molecule has 0 radical (unpaired) electrons. The number of hydrogen-bond acceptors (Lipinski definition) is 3. The van der Waals surface area contributed by atoms with Crippen molar-refractivity contribution >= 4 is 28.8 Å². The molecule has 3 nitrogen and oxygen atoms in total. The van der Waals surface area contributed by atoms with E-state index in [4.69, 9.17) is 11.6 Å². The van der Waals surface area contributed by atoms with Crippen molar-refractivity contribution in [3.8, 4) is 10.4 Å². The van der Waals surface area contributed by atoms with E-state index in [-0.39, 0.29) is 5.91 Å². The maximum Gasteiger partial charge on any atom is 0.261 e. The Morgan fingerprint density at radius 2 is 1.83 bits per heavy atom. The summed E-state index contributed by atoms with van der Waals surface area (Å²) in [5, 5.41) is 3.76. The summed E-state index contributed by atoms with van der Waals surface area (Å²) < 4.78 is 0. The van der Waals surface area contributed by atoms with E-state index >= 15 is 0 Å². The molecule has 1 fully saturated rings. The van der Waals surface area contributed by atoms with Crippen molar-refractivity contribution in [1.29, 1.82) is 0 Å². The van der Waals surface area contributed by atoms with E-state index in [9.17, 15) is 4.79 Å². The van der Waals surface area contributed by atoms with Gasteiger partial charge in [-0.3, -0.25) is 4.79 Å². The van der Waals surface area contributed by atoms with Crippen LogP contribution in [0.25, 0.3) is 10.4 Å². The van der Waals surface area contributed by atoms with Crippen molar-refractivity contribution in [2.75, 3.05) is 26.2 Å². The predicted molar refractivity (Wildman–Crippen MR) is 102 cm³/mol. The minimum Gasteiger partial charge on any atom is -0.351 e. The number of nitrogens with zero attached hydrogens (tertiary/aromatic N) is 1. The van der Waals surface area contributed by atoms with Crippen LogP contribution in [0.3, 0.4) is 0 Å². The van der Waals surface area contributed by atoms with Crippen LogP contribution in [-0.2, 0) is 0 Å². The molecule has 1 aromatic heterocycles. The molecule has 2 aromatic rings. The summed E-state index contributed by atoms with van der Waals surface area (Å²) in [5.41, 5.74) is 1.09. The number of carbonyl (C=O) groups excluding carboxylic acids is 1. The second kappa shape index (κ2) is 8.65. The highest BCUT2D eigenvalue weighted by molar-refractivity contribution is 7.17. The molecule has 24 heavy (non-hydrogen) atoms. The zero-order valence-corrected chi connectivity index (χ0v) is 15.3. The minimum atomic E-state index is 0.0267. The van der Waals surface area contributed by atoms with E-state index in [1.54, 1.807) is 0 Å². The van der Waals surface area contributed by atoms with Crippen LogP contribution in [-0.4, -0.2) is 37.0 Å². The number of piperidine rings is 1. The summed E-state index contributed by atoms with van der Waals surface area (Å²) >= 11 is 7.44. The number of likely N-dealkylation sites (tertiary alicyclic amines) is 1. The molecule has 0 atom stereocenters. The molecule has 128 valence electrons. The first-order valence-corrected chi connectivity index (χ1v) is 9.78. The average Bonchev–Trinajstić information content (AvgIpc) is 3.10. The molecule has 0 unspecified atom stereocenters. The van der Waals surface area contributed by atoms with E-state index in [1.165, 1.54) is 43.7 Å². The summed E-state index contributed by atoms with van der Waals surface area (Å²) in [6, 6.07) is 11.6. The lowest BCUT2D eigenvalue weighted by Crippen LogP contribution is -2.33. The monoisotopic (exact) mass is 362 g/mol. The van der Waals surface area contributed by atoms with Gasteiger partial charge in [0.15, 0.2) is 0 Å². The summed E-state index contributed by atoms with van der Waals surface area (Å²) in [6.07, 6.45) is 5.01. The van der Waals surface area contributed by atoms with Gasteiger partial charge in [0, 0.05) is 16.4 Å². The second-order valence-corrected chi connectivity index (χ2v) is 7.70. The Morgan fingerprint density at radius 3 is 2.58 bits per heavy atom. The Kier molecular flexibility index (Phi) is 6.30. The molecule has 1 aromatic carbocycles. The Hall–Kier alpha value is -1.36. The molecule has 2 heterocycles. The van der Waals surface area contributed by atoms with E-state index in [1.807, 2.05) is 36.4 Å². The van der Waals surface area contributed by atoms with Gasteiger partial charge in [0.2, 0.25) is 0 Å². The number of benzene rings is 1. The van der Waals surface area contributed by atoms with Gasteiger partial charge in [-0.1, -0.05) is 30.2 Å². The SMILES string of the molecule is O=C(NCCCN1CCCCC1)c1ccc(-c2ccc(Cl)cc2)s1. The maximum atomic E-state index is 12.3. The van der Waals surface area contributed by atoms with Gasteiger partial charge < -0.3 is 10.2 Å². The molecule has 1 saturated heterocycles. The number of carbonyl (C=O) groups is 1. The first-order valence-electron chi connectivity index (χ1n) is 8.59. The third kappa shape index (κ3) is 4.82. The number of amides is 1. The smallest absolute Gasteiger partial charge is 0.261 e. The third-order valence-corrected chi connectivity index (χ3v) is 5.73. The minimum absolute atomic E-state index is 0.0267. The van der Waals surface area contributed by atoms with Gasteiger partial charge in [-0.15, -0.1) is 11.3 Å². The Morgan fingerprint density at radius 1 is 1.08 bits per heavy atom. The molecule has 0 aliphatic carbocycles. The lowest BCUT2D eigenvalue weighted by atomic mass is 10.1. The van der Waals surface area contributed by atoms with Gasteiger partial charge >= 0.3 is 0 Å². The Balaban J connectivity index is 1.46. The van der Waals surface area contributed by atoms with E-state index in [0.717, 1.165) is 39.9 Å². The topological polar surface area (TPSA) is 32.3 Å². The summed E-state index contributed by atoms with van der Waals surface area (Å²) in [4.78, 5) is 16.6. The zero-order valence-electron chi connectivity index (χ0n) is 13.8. The molecule has 1 N–H and O–H groups in total. The quantitative estimate of drug-likeness (QED) is 0.757. The Labute approximate surface area is 152 Å². The zero-order chi connectivity index (χ0) is 16.8. The van der Waals surface area contributed by atoms with E-state index in [0.29, 0.717) is 0 Å². The van der Waals surface area contributed by atoms with Crippen LogP contribution in [0.4, 0.5) is 0 Å².